The van der Waals surface area contributed by atoms with Gasteiger partial charge in [-0.15, -0.1) is 0 Å². The van der Waals surface area contributed by atoms with Gasteiger partial charge in [-0.05, 0) is 62.9 Å². The summed E-state index contributed by atoms with van der Waals surface area (Å²) >= 11 is 3.39. The average molecular weight is 408 g/mol. The van der Waals surface area contributed by atoms with Crippen molar-refractivity contribution in [2.24, 2.45) is 5.92 Å². The minimum atomic E-state index is -0.0204. The maximum Gasteiger partial charge on any atom is 0.251 e. The molecule has 3 rings (SSSR count). The molecule has 2 heterocycles. The molecule has 136 valence electrons. The molecular formula is C19H26BrN3O2. The largest absolute Gasteiger partial charge is 0.352 e. The SMILES string of the molecule is O=C(NCC1CCN(CC(=O)N2CCCC2)CC1)c1cccc(Br)c1. The monoisotopic (exact) mass is 407 g/mol. The summed E-state index contributed by atoms with van der Waals surface area (Å²) in [6.45, 7) is 5.00. The van der Waals surface area contributed by atoms with Crippen LogP contribution in [0, 0.1) is 5.92 Å². The van der Waals surface area contributed by atoms with E-state index in [1.807, 2.05) is 29.2 Å². The van der Waals surface area contributed by atoms with Crippen LogP contribution in [0.5, 0.6) is 0 Å². The summed E-state index contributed by atoms with van der Waals surface area (Å²) in [4.78, 5) is 28.7. The molecule has 0 spiro atoms. The molecule has 25 heavy (non-hydrogen) atoms. The van der Waals surface area contributed by atoms with E-state index in [0.29, 0.717) is 24.6 Å². The number of hydrogen-bond donors (Lipinski definition) is 1. The van der Waals surface area contributed by atoms with Gasteiger partial charge in [-0.25, -0.2) is 0 Å². The second kappa shape index (κ2) is 8.81. The Morgan fingerprint density at radius 1 is 1.12 bits per heavy atom. The quantitative estimate of drug-likeness (QED) is 0.815. The molecule has 5 nitrogen and oxygen atoms in total. The molecule has 2 fully saturated rings. The Morgan fingerprint density at radius 2 is 1.84 bits per heavy atom. The van der Waals surface area contributed by atoms with E-state index >= 15 is 0 Å². The Balaban J connectivity index is 1.37. The van der Waals surface area contributed by atoms with Crippen molar-refractivity contribution in [2.45, 2.75) is 25.7 Å². The first kappa shape index (κ1) is 18.4. The molecule has 0 aromatic heterocycles. The van der Waals surface area contributed by atoms with Crippen molar-refractivity contribution in [2.75, 3.05) is 39.3 Å². The van der Waals surface area contributed by atoms with Gasteiger partial charge in [0.1, 0.15) is 0 Å². The van der Waals surface area contributed by atoms with Crippen molar-refractivity contribution >= 4 is 27.7 Å². The molecule has 0 atom stereocenters. The average Bonchev–Trinajstić information content (AvgIpc) is 3.16. The van der Waals surface area contributed by atoms with E-state index in [4.69, 9.17) is 0 Å². The molecule has 6 heteroatoms. The van der Waals surface area contributed by atoms with Gasteiger partial charge in [-0.3, -0.25) is 14.5 Å². The Morgan fingerprint density at radius 3 is 2.52 bits per heavy atom. The summed E-state index contributed by atoms with van der Waals surface area (Å²) in [5.74, 6) is 0.751. The van der Waals surface area contributed by atoms with Crippen LogP contribution in [0.25, 0.3) is 0 Å². The highest BCUT2D eigenvalue weighted by Crippen LogP contribution is 2.18. The Labute approximate surface area is 157 Å². The van der Waals surface area contributed by atoms with Crippen molar-refractivity contribution in [3.05, 3.63) is 34.3 Å². The topological polar surface area (TPSA) is 52.7 Å². The summed E-state index contributed by atoms with van der Waals surface area (Å²) in [6.07, 6.45) is 4.36. The molecule has 0 aliphatic carbocycles. The highest BCUT2D eigenvalue weighted by atomic mass is 79.9. The molecule has 0 unspecified atom stereocenters. The van der Waals surface area contributed by atoms with Crippen LogP contribution in [-0.4, -0.2) is 60.9 Å². The zero-order valence-electron chi connectivity index (χ0n) is 14.5. The van der Waals surface area contributed by atoms with E-state index in [2.05, 4.69) is 26.1 Å². The number of nitrogens with one attached hydrogen (secondary N) is 1. The fourth-order valence-corrected chi connectivity index (χ4v) is 3.97. The standard InChI is InChI=1S/C19H26BrN3O2/c20-17-5-3-4-16(12-17)19(25)21-13-15-6-10-22(11-7-15)14-18(24)23-8-1-2-9-23/h3-5,12,15H,1-2,6-11,13-14H2,(H,21,25). The molecule has 1 N–H and O–H groups in total. The van der Waals surface area contributed by atoms with Gasteiger partial charge in [0.15, 0.2) is 0 Å². The smallest absolute Gasteiger partial charge is 0.251 e. The van der Waals surface area contributed by atoms with Crippen LogP contribution in [0.2, 0.25) is 0 Å². The number of carbonyl (C=O) groups excluding carboxylic acids is 2. The second-order valence-corrected chi connectivity index (χ2v) is 7.94. The van der Waals surface area contributed by atoms with Crippen LogP contribution in [0.15, 0.2) is 28.7 Å². The second-order valence-electron chi connectivity index (χ2n) is 7.03. The summed E-state index contributed by atoms with van der Waals surface area (Å²) in [5, 5.41) is 3.04. The van der Waals surface area contributed by atoms with Gasteiger partial charge in [0, 0.05) is 29.7 Å². The molecule has 0 saturated carbocycles. The van der Waals surface area contributed by atoms with Gasteiger partial charge in [-0.2, -0.15) is 0 Å². The number of likely N-dealkylation sites (tertiary alicyclic amines) is 2. The molecule has 2 aliphatic rings. The summed E-state index contributed by atoms with van der Waals surface area (Å²) in [7, 11) is 0. The van der Waals surface area contributed by atoms with Crippen molar-refractivity contribution in [1.29, 1.82) is 0 Å². The van der Waals surface area contributed by atoms with E-state index in [1.165, 1.54) is 0 Å². The molecule has 2 saturated heterocycles. The van der Waals surface area contributed by atoms with Gasteiger partial charge < -0.3 is 10.2 Å². The van der Waals surface area contributed by atoms with Crippen molar-refractivity contribution in [3.63, 3.8) is 0 Å². The number of rotatable bonds is 5. The molecule has 0 bridgehead atoms. The number of carbonyl (C=O) groups is 2. The molecule has 1 aromatic rings. The molecule has 0 radical (unpaired) electrons. The fourth-order valence-electron chi connectivity index (χ4n) is 3.58. The number of halogens is 1. The fraction of sp³-hybridized carbons (Fsp3) is 0.579. The molecule has 1 aromatic carbocycles. The minimum Gasteiger partial charge on any atom is -0.352 e. The molecule has 2 aliphatic heterocycles. The Kier molecular flexibility index (Phi) is 6.48. The zero-order chi connectivity index (χ0) is 17.6. The third kappa shape index (κ3) is 5.28. The van der Waals surface area contributed by atoms with Crippen LogP contribution in [0.4, 0.5) is 0 Å². The Hall–Kier alpha value is -1.40. The lowest BCUT2D eigenvalue weighted by Crippen LogP contribution is -2.44. The maximum atomic E-state index is 12.2. The van der Waals surface area contributed by atoms with Gasteiger partial charge in [0.25, 0.3) is 5.91 Å². The predicted octanol–water partition coefficient (Wildman–Crippen LogP) is 2.51. The normalized spacial score (nSPS) is 19.2. The van der Waals surface area contributed by atoms with E-state index in [-0.39, 0.29) is 11.8 Å². The lowest BCUT2D eigenvalue weighted by molar-refractivity contribution is -0.131. The van der Waals surface area contributed by atoms with Gasteiger partial charge in [0.05, 0.1) is 6.54 Å². The van der Waals surface area contributed by atoms with Crippen LogP contribution >= 0.6 is 15.9 Å². The van der Waals surface area contributed by atoms with Crippen LogP contribution in [0.1, 0.15) is 36.0 Å². The van der Waals surface area contributed by atoms with Crippen LogP contribution in [0.3, 0.4) is 0 Å². The number of benzene rings is 1. The highest BCUT2D eigenvalue weighted by molar-refractivity contribution is 9.10. The summed E-state index contributed by atoms with van der Waals surface area (Å²) in [5.41, 5.74) is 0.683. The first-order valence-corrected chi connectivity index (χ1v) is 9.95. The third-order valence-corrected chi connectivity index (χ3v) is 5.66. The van der Waals surface area contributed by atoms with Crippen LogP contribution in [-0.2, 0) is 4.79 Å². The van der Waals surface area contributed by atoms with E-state index in [1.54, 1.807) is 0 Å². The predicted molar refractivity (Wildman–Crippen MR) is 101 cm³/mol. The molecule has 2 amide bonds. The lowest BCUT2D eigenvalue weighted by Gasteiger charge is -2.32. The highest BCUT2D eigenvalue weighted by Gasteiger charge is 2.24. The Bertz CT molecular complexity index is 608. The van der Waals surface area contributed by atoms with E-state index < -0.39 is 0 Å². The minimum absolute atomic E-state index is 0.0204. The number of hydrogen-bond acceptors (Lipinski definition) is 3. The number of nitrogens with zero attached hydrogens (tertiary/aromatic N) is 2. The number of amides is 2. The molecular weight excluding hydrogens is 382 g/mol. The van der Waals surface area contributed by atoms with Gasteiger partial charge in [-0.1, -0.05) is 22.0 Å². The van der Waals surface area contributed by atoms with E-state index in [0.717, 1.165) is 56.3 Å². The summed E-state index contributed by atoms with van der Waals surface area (Å²) < 4.78 is 0.913. The maximum absolute atomic E-state index is 12.2. The first-order chi connectivity index (χ1) is 12.1. The van der Waals surface area contributed by atoms with Gasteiger partial charge in [0.2, 0.25) is 5.91 Å². The van der Waals surface area contributed by atoms with Gasteiger partial charge >= 0.3 is 0 Å². The van der Waals surface area contributed by atoms with Crippen molar-refractivity contribution in [1.82, 2.24) is 15.1 Å². The number of piperidine rings is 1. The first-order valence-electron chi connectivity index (χ1n) is 9.16. The summed E-state index contributed by atoms with van der Waals surface area (Å²) in [6, 6.07) is 7.44. The lowest BCUT2D eigenvalue weighted by atomic mass is 9.96. The van der Waals surface area contributed by atoms with Crippen LogP contribution < -0.4 is 5.32 Å². The third-order valence-electron chi connectivity index (χ3n) is 5.16. The van der Waals surface area contributed by atoms with Crippen molar-refractivity contribution < 1.29 is 9.59 Å². The van der Waals surface area contributed by atoms with Crippen molar-refractivity contribution in [3.8, 4) is 0 Å². The van der Waals surface area contributed by atoms with E-state index in [9.17, 15) is 9.59 Å². The zero-order valence-corrected chi connectivity index (χ0v) is 16.1.